The summed E-state index contributed by atoms with van der Waals surface area (Å²) in [6.07, 6.45) is 3.31. The molecular weight excluding hydrogens is 830 g/mol. The number of nitrogens with two attached hydrogens (primary N) is 1. The third-order valence-corrected chi connectivity index (χ3v) is 5.26. The average Bonchev–Trinajstić information content (AvgIpc) is 3.79. The first-order valence-electron chi connectivity index (χ1n) is 15.4. The molecule has 0 spiro atoms. The topological polar surface area (TPSA) is 139 Å². The molecule has 270 valence electrons. The molecule has 0 amide bonds. The number of rotatable bonds is 4. The van der Waals surface area contributed by atoms with E-state index in [0.29, 0.717) is 17.0 Å². The van der Waals surface area contributed by atoms with Gasteiger partial charge in [0.05, 0.1) is 17.5 Å². The Hall–Kier alpha value is -3.33. The zero-order valence-corrected chi connectivity index (χ0v) is 33.4. The molecule has 0 unspecified atom stereocenters. The molecule has 0 aliphatic heterocycles. The highest BCUT2D eigenvalue weighted by atomic mass is 128. The summed E-state index contributed by atoms with van der Waals surface area (Å²) in [5, 5.41) is 8.97. The molecule has 4 N–H and O–H groups in total. The summed E-state index contributed by atoms with van der Waals surface area (Å²) < 4.78 is 1.45. The van der Waals surface area contributed by atoms with Gasteiger partial charge in [-0.25, -0.2) is 9.50 Å². The Morgan fingerprint density at radius 1 is 0.771 bits per heavy atom. The van der Waals surface area contributed by atoms with Crippen LogP contribution in [0, 0.1) is 6.92 Å². The SMILES string of the molecule is C.C.CC.CC.CC.CC.CC(=O)C(C(C)=O)c1ccccc1.Cc1nc2cc[nH]n2c(=O)c1-c1ccccc1.II.Nc1ccn[nH]1. The number of anilines is 1. The quantitative estimate of drug-likeness (QED) is 0.121. The van der Waals surface area contributed by atoms with Gasteiger partial charge < -0.3 is 5.73 Å². The van der Waals surface area contributed by atoms with Crippen molar-refractivity contribution in [2.24, 2.45) is 0 Å². The van der Waals surface area contributed by atoms with E-state index in [4.69, 9.17) is 5.73 Å². The van der Waals surface area contributed by atoms with Crippen molar-refractivity contribution in [3.05, 3.63) is 107 Å². The number of carbonyl (C=O) groups is 2. The molecule has 0 fully saturated rings. The number of H-pyrrole nitrogens is 2. The molecule has 48 heavy (non-hydrogen) atoms. The Labute approximate surface area is 313 Å². The normalized spacial score (nSPS) is 8.29. The van der Waals surface area contributed by atoms with Gasteiger partial charge in [-0.3, -0.25) is 24.6 Å². The number of aryl methyl sites for hydroxylation is 1. The van der Waals surface area contributed by atoms with E-state index in [1.54, 1.807) is 36.7 Å². The second-order valence-electron chi connectivity index (χ2n) is 7.98. The van der Waals surface area contributed by atoms with Gasteiger partial charge in [0, 0.05) is 49.5 Å². The number of ketones is 2. The zero-order valence-electron chi connectivity index (χ0n) is 29.1. The molecule has 0 atom stereocenters. The lowest BCUT2D eigenvalue weighted by atomic mass is 9.92. The molecule has 3 heterocycles. The van der Waals surface area contributed by atoms with Crippen molar-refractivity contribution >= 4 is 60.3 Å². The molecule has 0 aliphatic rings. The van der Waals surface area contributed by atoms with Crippen molar-refractivity contribution in [3.63, 3.8) is 0 Å². The van der Waals surface area contributed by atoms with Gasteiger partial charge in [-0.15, -0.1) is 0 Å². The Balaban J connectivity index is -0.000000177. The van der Waals surface area contributed by atoms with Crippen LogP contribution in [0.4, 0.5) is 5.82 Å². The maximum atomic E-state index is 12.3. The van der Waals surface area contributed by atoms with Crippen LogP contribution in [0.15, 0.2) is 90.0 Å². The summed E-state index contributed by atoms with van der Waals surface area (Å²) in [5.74, 6) is -0.173. The lowest BCUT2D eigenvalue weighted by Gasteiger charge is -2.09. The monoisotopic (exact) mass is 890 g/mol. The number of nitrogens with one attached hydrogen (secondary N) is 2. The van der Waals surface area contributed by atoms with Crippen molar-refractivity contribution in [2.75, 3.05) is 5.73 Å². The Morgan fingerprint density at radius 3 is 1.60 bits per heavy atom. The van der Waals surface area contributed by atoms with E-state index >= 15 is 0 Å². The smallest absolute Gasteiger partial charge is 0.280 e. The predicted octanol–water partition coefficient (Wildman–Crippen LogP) is 11.1. The number of nitrogen functional groups attached to an aromatic ring is 1. The minimum Gasteiger partial charge on any atom is -0.384 e. The molecule has 3 aromatic heterocycles. The molecule has 0 saturated carbocycles. The second kappa shape index (κ2) is 35.0. The van der Waals surface area contributed by atoms with Gasteiger partial charge >= 0.3 is 0 Å². The molecule has 0 aliphatic carbocycles. The molecule has 5 rings (SSSR count). The second-order valence-corrected chi connectivity index (χ2v) is 7.98. The summed E-state index contributed by atoms with van der Waals surface area (Å²) in [4.78, 5) is 39.0. The van der Waals surface area contributed by atoms with E-state index in [1.165, 1.54) is 18.4 Å². The van der Waals surface area contributed by atoms with Gasteiger partial charge in [0.15, 0.2) is 5.65 Å². The van der Waals surface area contributed by atoms with Gasteiger partial charge in [0.25, 0.3) is 5.56 Å². The van der Waals surface area contributed by atoms with Gasteiger partial charge in [0.2, 0.25) is 0 Å². The summed E-state index contributed by atoms with van der Waals surface area (Å²) in [7, 11) is 0. The van der Waals surface area contributed by atoms with Crippen LogP contribution in [0.3, 0.4) is 0 Å². The zero-order chi connectivity index (χ0) is 36.1. The number of fused-ring (bicyclic) bond motifs is 1. The largest absolute Gasteiger partial charge is 0.384 e. The van der Waals surface area contributed by atoms with Crippen molar-refractivity contribution in [3.8, 4) is 11.1 Å². The maximum absolute atomic E-state index is 12.3. The Bertz CT molecular complexity index is 1470. The number of carbonyl (C=O) groups excluding carboxylic acids is 2. The third kappa shape index (κ3) is 19.5. The standard InChI is InChI=1S/C13H11N3O.C11H12O2.C3H5N3.4C2H6.2CH4.I2/c1-9-12(10-5-3-2-4-6-10)13(17)16-11(15-9)7-8-14-16;1-8(12)11(9(2)13)10-6-4-3-5-7-10;4-3-1-2-5-6-3;4*1-2;;;1-2/h2-8,14H,1H3;3-7,11H,1-2H3;1-2H,(H3,4,5,6);4*1-2H3;2*1H4;. The summed E-state index contributed by atoms with van der Waals surface area (Å²) in [5.41, 5.74) is 8.81. The number of aromatic nitrogens is 5. The highest BCUT2D eigenvalue weighted by molar-refractivity contribution is 15.0. The molecule has 0 bridgehead atoms. The van der Waals surface area contributed by atoms with Crippen LogP contribution in [0.2, 0.25) is 0 Å². The molecule has 11 heteroatoms. The average molecular weight is 891 g/mol. The van der Waals surface area contributed by atoms with Gasteiger partial charge in [0.1, 0.15) is 23.3 Å². The predicted molar refractivity (Wildman–Crippen MR) is 226 cm³/mol. The number of halogens is 2. The first-order chi connectivity index (χ1) is 22.3. The van der Waals surface area contributed by atoms with Crippen LogP contribution >= 0.6 is 37.2 Å². The fourth-order valence-electron chi connectivity index (χ4n) is 3.68. The number of hydrogen-bond donors (Lipinski definition) is 3. The highest BCUT2D eigenvalue weighted by Gasteiger charge is 2.20. The van der Waals surface area contributed by atoms with E-state index < -0.39 is 5.92 Å². The van der Waals surface area contributed by atoms with E-state index in [-0.39, 0.29) is 32.0 Å². The number of nitrogens with zero attached hydrogens (tertiary/aromatic N) is 3. The van der Waals surface area contributed by atoms with Crippen molar-refractivity contribution in [1.29, 1.82) is 0 Å². The molecule has 5 aromatic rings. The molecule has 2 aromatic carbocycles. The van der Waals surface area contributed by atoms with Gasteiger partial charge in [-0.05, 0) is 38.0 Å². The van der Waals surface area contributed by atoms with Gasteiger partial charge in [-0.2, -0.15) is 5.10 Å². The van der Waals surface area contributed by atoms with Crippen molar-refractivity contribution < 1.29 is 9.59 Å². The Morgan fingerprint density at radius 2 is 1.23 bits per heavy atom. The third-order valence-electron chi connectivity index (χ3n) is 5.26. The van der Waals surface area contributed by atoms with E-state index in [9.17, 15) is 14.4 Å². The summed E-state index contributed by atoms with van der Waals surface area (Å²) in [6, 6.07) is 22.2. The van der Waals surface area contributed by atoms with Crippen LogP contribution < -0.4 is 11.3 Å². The van der Waals surface area contributed by atoms with Crippen LogP contribution in [-0.2, 0) is 9.59 Å². The maximum Gasteiger partial charge on any atom is 0.280 e. The number of aromatic amines is 2. The molecule has 0 radical (unpaired) electrons. The van der Waals surface area contributed by atoms with Crippen molar-refractivity contribution in [2.45, 2.75) is 96.9 Å². The molecule has 9 nitrogen and oxygen atoms in total. The molecular formula is C37H60I2N6O3. The first kappa shape index (κ1) is 54.1. The summed E-state index contributed by atoms with van der Waals surface area (Å²) in [6.45, 7) is 20.7. The van der Waals surface area contributed by atoms with Crippen molar-refractivity contribution in [1.82, 2.24) is 24.8 Å². The van der Waals surface area contributed by atoms with Gasteiger partial charge in [-0.1, -0.05) is 131 Å². The lowest BCUT2D eigenvalue weighted by Crippen LogP contribution is -2.18. The van der Waals surface area contributed by atoms with Crippen LogP contribution in [0.5, 0.6) is 0 Å². The van der Waals surface area contributed by atoms with Crippen LogP contribution in [-0.4, -0.2) is 36.4 Å². The first-order valence-corrected chi connectivity index (χ1v) is 21.6. The van der Waals surface area contributed by atoms with E-state index in [0.717, 1.165) is 16.8 Å². The minimum absolute atomic E-state index is 0. The molecule has 0 saturated heterocycles. The van der Waals surface area contributed by atoms with Crippen LogP contribution in [0.1, 0.15) is 101 Å². The number of benzene rings is 2. The van der Waals surface area contributed by atoms with E-state index in [2.05, 4.69) is 57.5 Å². The minimum atomic E-state index is -0.582. The number of Topliss-reactive ketones (excluding diaryl/α,β-unsaturated/α-hetero) is 2. The lowest BCUT2D eigenvalue weighted by molar-refractivity contribution is -0.126. The fraction of sp³-hybridized carbons (Fsp3) is 0.378. The van der Waals surface area contributed by atoms with Crippen LogP contribution in [0.25, 0.3) is 16.8 Å². The highest BCUT2D eigenvalue weighted by Crippen LogP contribution is 2.18. The number of hydrogen-bond acceptors (Lipinski definition) is 6. The fourth-order valence-corrected chi connectivity index (χ4v) is 3.68. The van der Waals surface area contributed by atoms with E-state index in [1.807, 2.05) is 111 Å². The Kier molecular flexibility index (Phi) is 39.5. The summed E-state index contributed by atoms with van der Waals surface area (Å²) >= 11 is 4.24.